The van der Waals surface area contributed by atoms with Crippen LogP contribution in [-0.2, 0) is 14.3 Å². The van der Waals surface area contributed by atoms with Crippen LogP contribution in [0.25, 0.3) is 0 Å². The van der Waals surface area contributed by atoms with Crippen LogP contribution in [0, 0.1) is 28.6 Å². The highest BCUT2D eigenvalue weighted by atomic mass is 16.5. The maximum atomic E-state index is 13.1. The summed E-state index contributed by atoms with van der Waals surface area (Å²) in [7, 11) is 1.35. The topological polar surface area (TPSA) is 63.6 Å². The van der Waals surface area contributed by atoms with Gasteiger partial charge in [0.25, 0.3) is 0 Å². The molecule has 0 amide bonds. The molecule has 3 aliphatic rings. The molecule has 0 aromatic heterocycles. The number of hydrogen-bond donors (Lipinski definition) is 1. The number of rotatable bonds is 2. The van der Waals surface area contributed by atoms with Gasteiger partial charge in [-0.15, -0.1) is 0 Å². The SMILES string of the molecule is COC(=O)C1=CC(=O)C2(CO)CCC3C(C)CCCC3(C)C2CC1. The van der Waals surface area contributed by atoms with Crippen LogP contribution in [0.15, 0.2) is 11.6 Å². The van der Waals surface area contributed by atoms with Crippen molar-refractivity contribution in [3.8, 4) is 0 Å². The Morgan fingerprint density at radius 1 is 1.33 bits per heavy atom. The van der Waals surface area contributed by atoms with Gasteiger partial charge < -0.3 is 9.84 Å². The number of hydrogen-bond acceptors (Lipinski definition) is 4. The van der Waals surface area contributed by atoms with Gasteiger partial charge in [-0.05, 0) is 61.3 Å². The number of allylic oxidation sites excluding steroid dienone is 1. The van der Waals surface area contributed by atoms with Gasteiger partial charge in [-0.3, -0.25) is 4.79 Å². The number of aliphatic hydroxyl groups excluding tert-OH is 1. The lowest BCUT2D eigenvalue weighted by molar-refractivity contribution is -0.155. The summed E-state index contributed by atoms with van der Waals surface area (Å²) >= 11 is 0. The summed E-state index contributed by atoms with van der Waals surface area (Å²) in [4.78, 5) is 25.1. The van der Waals surface area contributed by atoms with E-state index in [1.54, 1.807) is 0 Å². The molecular formula is C20H30O4. The van der Waals surface area contributed by atoms with Crippen LogP contribution in [-0.4, -0.2) is 30.6 Å². The molecule has 5 unspecified atom stereocenters. The fourth-order valence-electron chi connectivity index (χ4n) is 6.24. The van der Waals surface area contributed by atoms with Gasteiger partial charge in [-0.1, -0.05) is 26.7 Å². The number of carbonyl (C=O) groups is 2. The third kappa shape index (κ3) is 2.45. The van der Waals surface area contributed by atoms with E-state index in [1.807, 2.05) is 0 Å². The van der Waals surface area contributed by atoms with Gasteiger partial charge in [0.05, 0.1) is 19.1 Å². The first-order valence-electron chi connectivity index (χ1n) is 9.33. The average molecular weight is 334 g/mol. The second-order valence-corrected chi connectivity index (χ2v) is 8.45. The zero-order chi connectivity index (χ0) is 17.5. The molecule has 0 bridgehead atoms. The Hall–Kier alpha value is -1.16. The summed E-state index contributed by atoms with van der Waals surface area (Å²) in [5.74, 6) is 0.956. The zero-order valence-corrected chi connectivity index (χ0v) is 15.1. The predicted molar refractivity (Wildman–Crippen MR) is 91.2 cm³/mol. The van der Waals surface area contributed by atoms with Crippen molar-refractivity contribution < 1.29 is 19.4 Å². The van der Waals surface area contributed by atoms with E-state index in [9.17, 15) is 14.7 Å². The van der Waals surface area contributed by atoms with E-state index in [-0.39, 0.29) is 23.7 Å². The monoisotopic (exact) mass is 334 g/mol. The van der Waals surface area contributed by atoms with Crippen molar-refractivity contribution in [3.05, 3.63) is 11.6 Å². The first-order valence-corrected chi connectivity index (χ1v) is 9.33. The van der Waals surface area contributed by atoms with E-state index in [1.165, 1.54) is 26.0 Å². The van der Waals surface area contributed by atoms with Crippen molar-refractivity contribution in [3.63, 3.8) is 0 Å². The van der Waals surface area contributed by atoms with Crippen LogP contribution in [0.4, 0.5) is 0 Å². The largest absolute Gasteiger partial charge is 0.466 e. The molecular weight excluding hydrogens is 304 g/mol. The molecule has 2 fully saturated rings. The molecule has 0 saturated heterocycles. The molecule has 0 heterocycles. The predicted octanol–water partition coefficient (Wildman–Crippen LogP) is 3.28. The third-order valence-electron chi connectivity index (χ3n) is 7.50. The summed E-state index contributed by atoms with van der Waals surface area (Å²) in [6.07, 6.45) is 8.14. The molecule has 5 atom stereocenters. The Morgan fingerprint density at radius 2 is 2.08 bits per heavy atom. The fourth-order valence-corrected chi connectivity index (χ4v) is 6.24. The molecule has 0 aliphatic heterocycles. The lowest BCUT2D eigenvalue weighted by atomic mass is 9.45. The Bertz CT molecular complexity index is 566. The number of fused-ring (bicyclic) bond motifs is 3. The van der Waals surface area contributed by atoms with E-state index in [0.717, 1.165) is 25.7 Å². The Labute approximate surface area is 144 Å². The van der Waals surface area contributed by atoms with E-state index >= 15 is 0 Å². The van der Waals surface area contributed by atoms with Crippen molar-refractivity contribution in [1.29, 1.82) is 0 Å². The first kappa shape index (κ1) is 17.7. The number of ketones is 1. The van der Waals surface area contributed by atoms with Crippen molar-refractivity contribution >= 4 is 11.8 Å². The number of methoxy groups -OCH3 is 1. The highest BCUT2D eigenvalue weighted by molar-refractivity contribution is 6.03. The number of aliphatic hydroxyl groups is 1. The lowest BCUT2D eigenvalue weighted by Gasteiger charge is -2.59. The molecule has 0 spiro atoms. The molecule has 3 aliphatic carbocycles. The number of esters is 1. The molecule has 4 heteroatoms. The molecule has 2 saturated carbocycles. The highest BCUT2D eigenvalue weighted by Crippen LogP contribution is 2.63. The van der Waals surface area contributed by atoms with E-state index < -0.39 is 11.4 Å². The van der Waals surface area contributed by atoms with Crippen LogP contribution >= 0.6 is 0 Å². The normalized spacial score (nSPS) is 42.4. The van der Waals surface area contributed by atoms with Crippen molar-refractivity contribution in [2.45, 2.75) is 58.8 Å². The molecule has 134 valence electrons. The zero-order valence-electron chi connectivity index (χ0n) is 15.1. The van der Waals surface area contributed by atoms with Gasteiger partial charge in [0, 0.05) is 5.57 Å². The molecule has 0 radical (unpaired) electrons. The number of ether oxygens (including phenoxy) is 1. The summed E-state index contributed by atoms with van der Waals surface area (Å²) < 4.78 is 4.84. The van der Waals surface area contributed by atoms with Crippen LogP contribution in [0.3, 0.4) is 0 Å². The summed E-state index contributed by atoms with van der Waals surface area (Å²) in [5.41, 5.74) is -0.167. The average Bonchev–Trinajstić information content (AvgIpc) is 2.72. The van der Waals surface area contributed by atoms with Crippen LogP contribution in [0.5, 0.6) is 0 Å². The van der Waals surface area contributed by atoms with Gasteiger partial charge >= 0.3 is 5.97 Å². The molecule has 1 N–H and O–H groups in total. The molecule has 24 heavy (non-hydrogen) atoms. The molecule has 0 aromatic carbocycles. The fraction of sp³-hybridized carbons (Fsp3) is 0.800. The maximum Gasteiger partial charge on any atom is 0.333 e. The Balaban J connectivity index is 2.02. The second kappa shape index (κ2) is 6.29. The van der Waals surface area contributed by atoms with E-state index in [2.05, 4.69) is 13.8 Å². The summed E-state index contributed by atoms with van der Waals surface area (Å²) in [6, 6.07) is 0. The quantitative estimate of drug-likeness (QED) is 0.787. The minimum Gasteiger partial charge on any atom is -0.466 e. The van der Waals surface area contributed by atoms with E-state index in [4.69, 9.17) is 4.74 Å². The number of carbonyl (C=O) groups excluding carboxylic acids is 2. The van der Waals surface area contributed by atoms with Crippen LogP contribution in [0.1, 0.15) is 58.8 Å². The third-order valence-corrected chi connectivity index (χ3v) is 7.50. The van der Waals surface area contributed by atoms with Crippen molar-refractivity contribution in [2.24, 2.45) is 28.6 Å². The van der Waals surface area contributed by atoms with Crippen molar-refractivity contribution in [1.82, 2.24) is 0 Å². The van der Waals surface area contributed by atoms with Gasteiger partial charge in [0.1, 0.15) is 0 Å². The minimum atomic E-state index is -0.710. The molecule has 4 nitrogen and oxygen atoms in total. The highest BCUT2D eigenvalue weighted by Gasteiger charge is 2.59. The van der Waals surface area contributed by atoms with Crippen molar-refractivity contribution in [2.75, 3.05) is 13.7 Å². The lowest BCUT2D eigenvalue weighted by Crippen LogP contribution is -2.56. The maximum absolute atomic E-state index is 13.1. The minimum absolute atomic E-state index is 0.0641. The van der Waals surface area contributed by atoms with Gasteiger partial charge in [-0.25, -0.2) is 4.79 Å². The van der Waals surface area contributed by atoms with Gasteiger partial charge in [0.15, 0.2) is 5.78 Å². The first-order chi connectivity index (χ1) is 11.4. The second-order valence-electron chi connectivity index (χ2n) is 8.45. The Morgan fingerprint density at radius 3 is 2.75 bits per heavy atom. The summed E-state index contributed by atoms with van der Waals surface area (Å²) in [5, 5.41) is 10.3. The Kier molecular flexibility index (Phi) is 4.63. The van der Waals surface area contributed by atoms with E-state index in [0.29, 0.717) is 23.8 Å². The van der Waals surface area contributed by atoms with Crippen LogP contribution < -0.4 is 0 Å². The molecule has 0 aromatic rings. The van der Waals surface area contributed by atoms with Gasteiger partial charge in [0.2, 0.25) is 0 Å². The standard InChI is InChI=1S/C20H30O4/c1-13-5-4-9-19(2)15(13)8-10-20(12-21)16(19)7-6-14(11-17(20)22)18(23)24-3/h11,13,15-16,21H,4-10,12H2,1-3H3. The van der Waals surface area contributed by atoms with Crippen LogP contribution in [0.2, 0.25) is 0 Å². The molecule has 3 rings (SSSR count). The van der Waals surface area contributed by atoms with Gasteiger partial charge in [-0.2, -0.15) is 0 Å². The summed E-state index contributed by atoms with van der Waals surface area (Å²) in [6.45, 7) is 4.56. The smallest absolute Gasteiger partial charge is 0.333 e.